The van der Waals surface area contributed by atoms with Crippen molar-refractivity contribution in [1.29, 1.82) is 0 Å². The van der Waals surface area contributed by atoms with Gasteiger partial charge in [-0.1, -0.05) is 170 Å². The van der Waals surface area contributed by atoms with Gasteiger partial charge in [-0.15, -0.1) is 0 Å². The maximum Gasteiger partial charge on any atom is 0.410 e. The molecular formula is C89H144N8O20Si2. The van der Waals surface area contributed by atoms with Crippen LogP contribution in [-0.2, 0) is 73.2 Å². The fourth-order valence-corrected chi connectivity index (χ4v) is 15.3. The van der Waals surface area contributed by atoms with E-state index in [1.165, 1.54) is 19.6 Å². The van der Waals surface area contributed by atoms with Crippen molar-refractivity contribution in [3.8, 4) is 0 Å². The molecule has 0 bridgehead atoms. The van der Waals surface area contributed by atoms with Crippen LogP contribution in [0.1, 0.15) is 182 Å². The Morgan fingerprint density at radius 1 is 0.319 bits per heavy atom. The first-order valence-electron chi connectivity index (χ1n) is 41.1. The zero-order valence-electron chi connectivity index (χ0n) is 75.3. The van der Waals surface area contributed by atoms with Crippen molar-refractivity contribution in [2.45, 2.75) is 293 Å². The van der Waals surface area contributed by atoms with Crippen LogP contribution in [0.2, 0.25) is 36.3 Å². The van der Waals surface area contributed by atoms with Gasteiger partial charge in [0.1, 0.15) is 48.8 Å². The summed E-state index contributed by atoms with van der Waals surface area (Å²) in [6.45, 7) is 55.5. The van der Waals surface area contributed by atoms with Crippen LogP contribution in [0, 0.1) is 0 Å². The van der Waals surface area contributed by atoms with Crippen molar-refractivity contribution < 1.29 is 95.3 Å². The van der Waals surface area contributed by atoms with Gasteiger partial charge < -0.3 is 76.6 Å². The molecule has 4 fully saturated rings. The SMILES string of the molecule is C.C[C@@H](O)[C@H]1CN(C(=O)OCc2ccccc2)CCN1C(=O)OC(C)(C)C.C[C@@H](O[Si](C)(C)C(C)(C)C)[C@H]1CN(C(=O)OCc2ccccc2)CCN1C(=O)OC(C)(C)C.C[C@H](O)[C@H]1CN(C(=O)OCc2ccccc2)CCN1C(=O)OC(C)(C)C.C[C@H](O[Si](C)(C)C(C)(C)C)[C@H]1CN(C(=O)OCc2ccccc2)CCN1C(=O)OC(C)(C)C. The molecule has 4 aromatic rings. The number of carbonyl (C=O) groups excluding carboxylic acids is 8. The quantitative estimate of drug-likeness (QED) is 0.0778. The van der Waals surface area contributed by atoms with Crippen molar-refractivity contribution in [3.63, 3.8) is 0 Å². The van der Waals surface area contributed by atoms with Crippen molar-refractivity contribution in [3.05, 3.63) is 144 Å². The van der Waals surface area contributed by atoms with Crippen molar-refractivity contribution in [1.82, 2.24) is 39.2 Å². The first-order valence-corrected chi connectivity index (χ1v) is 46.9. The second kappa shape index (κ2) is 44.7. The second-order valence-corrected chi connectivity index (χ2v) is 47.1. The van der Waals surface area contributed by atoms with Gasteiger partial charge in [0, 0.05) is 78.5 Å². The molecule has 8 rings (SSSR count). The lowest BCUT2D eigenvalue weighted by Crippen LogP contribution is -2.62. The van der Waals surface area contributed by atoms with E-state index in [2.05, 4.69) is 67.7 Å². The minimum absolute atomic E-state index is 0. The van der Waals surface area contributed by atoms with E-state index in [1.807, 2.05) is 177 Å². The van der Waals surface area contributed by atoms with Crippen molar-refractivity contribution in [2.75, 3.05) is 78.5 Å². The summed E-state index contributed by atoms with van der Waals surface area (Å²) in [5.74, 6) is 0. The molecule has 4 heterocycles. The standard InChI is InChI=1S/2C25H42N2O5Si.2C19H28N2O5.CH4/c2*1-19(32-33(8,9)25(5,6)7)21-17-26(15-16-27(21)23(29)31-24(2,3)4)22(28)30-18-20-13-11-10-12-14-20;2*1-14(22)16-12-20(10-11-21(16)18(24)26-19(2,3)4)17(23)25-13-15-8-6-5-7-9-15;/h2*10-14,19,21H,15-18H2,1-9H3;2*5-9,14,16,22H,10-13H2,1-4H3;1H4/t19-,21+;19-,21-;14-,16+;14-,16-;/m0101./s1. The molecule has 4 aromatic carbocycles. The number of carbonyl (C=O) groups is 8. The maximum atomic E-state index is 13.0. The Labute approximate surface area is 711 Å². The van der Waals surface area contributed by atoms with E-state index < -0.39 is 87.7 Å². The van der Waals surface area contributed by atoms with Crippen LogP contribution < -0.4 is 0 Å². The number of ether oxygens (including phenoxy) is 8. The van der Waals surface area contributed by atoms with E-state index >= 15 is 0 Å². The summed E-state index contributed by atoms with van der Waals surface area (Å²) in [5.41, 5.74) is 1.24. The largest absolute Gasteiger partial charge is 0.445 e. The second-order valence-electron chi connectivity index (χ2n) is 37.6. The zero-order valence-corrected chi connectivity index (χ0v) is 77.3. The molecule has 2 N–H and O–H groups in total. The van der Waals surface area contributed by atoms with Crippen LogP contribution in [0.25, 0.3) is 0 Å². The Bertz CT molecular complexity index is 3560. The molecular weight excluding hydrogens is 1560 g/mol. The molecule has 0 unspecified atom stereocenters. The molecule has 30 heteroatoms. The number of hydrogen-bond donors (Lipinski definition) is 2. The summed E-state index contributed by atoms with van der Waals surface area (Å²) in [6, 6.07) is 36.3. The number of piperazine rings is 4. The van der Waals surface area contributed by atoms with Gasteiger partial charge >= 0.3 is 48.7 Å². The fraction of sp³-hybridized carbons (Fsp3) is 0.640. The summed E-state index contributed by atoms with van der Waals surface area (Å²) >= 11 is 0. The van der Waals surface area contributed by atoms with Crippen molar-refractivity contribution >= 4 is 65.4 Å². The van der Waals surface area contributed by atoms with E-state index in [0.29, 0.717) is 52.4 Å². The Kier molecular flexibility index (Phi) is 38.6. The van der Waals surface area contributed by atoms with Gasteiger partial charge in [-0.25, -0.2) is 38.4 Å². The van der Waals surface area contributed by atoms with E-state index in [-0.39, 0.29) is 119 Å². The van der Waals surface area contributed by atoms with Gasteiger partial charge in [-0.05, 0) is 169 Å². The van der Waals surface area contributed by atoms with E-state index in [9.17, 15) is 48.6 Å². The third kappa shape index (κ3) is 34.4. The molecule has 4 aliphatic heterocycles. The molecule has 0 spiro atoms. The predicted octanol–water partition coefficient (Wildman–Crippen LogP) is 17.2. The molecule has 8 atom stereocenters. The minimum atomic E-state index is -2.09. The molecule has 119 heavy (non-hydrogen) atoms. The Balaban J connectivity index is 0.000000335. The van der Waals surface area contributed by atoms with Crippen LogP contribution in [0.15, 0.2) is 121 Å². The smallest absolute Gasteiger partial charge is 0.410 e. The molecule has 0 aliphatic carbocycles. The number of amides is 8. The first-order chi connectivity index (χ1) is 54.6. The van der Waals surface area contributed by atoms with Crippen LogP contribution in [-0.4, -0.2) is 264 Å². The molecule has 0 radical (unpaired) electrons. The molecule has 0 saturated carbocycles. The van der Waals surface area contributed by atoms with Crippen molar-refractivity contribution in [2.24, 2.45) is 0 Å². The lowest BCUT2D eigenvalue weighted by Gasteiger charge is -2.46. The predicted molar refractivity (Wildman–Crippen MR) is 465 cm³/mol. The summed E-state index contributed by atoms with van der Waals surface area (Å²) in [6.07, 6.45) is -5.52. The first kappa shape index (κ1) is 103. The number of nitrogens with zero attached hydrogens (tertiary/aromatic N) is 8. The van der Waals surface area contributed by atoms with Gasteiger partial charge in [0.25, 0.3) is 0 Å². The molecule has 0 aromatic heterocycles. The van der Waals surface area contributed by atoms with Gasteiger partial charge in [0.15, 0.2) is 16.6 Å². The summed E-state index contributed by atoms with van der Waals surface area (Å²) < 4.78 is 57.1. The Hall–Kier alpha value is -8.69. The molecule has 668 valence electrons. The van der Waals surface area contributed by atoms with Gasteiger partial charge in [0.05, 0.1) is 48.6 Å². The van der Waals surface area contributed by atoms with Crippen LogP contribution in [0.4, 0.5) is 38.4 Å². The molecule has 28 nitrogen and oxygen atoms in total. The number of benzene rings is 4. The summed E-state index contributed by atoms with van der Waals surface area (Å²) in [7, 11) is -4.17. The highest BCUT2D eigenvalue weighted by Crippen LogP contribution is 2.40. The number of aliphatic hydroxyl groups excluding tert-OH is 2. The molecule has 4 aliphatic rings. The molecule has 8 amide bonds. The van der Waals surface area contributed by atoms with E-state index in [4.69, 9.17) is 46.7 Å². The Morgan fingerprint density at radius 3 is 0.681 bits per heavy atom. The average Bonchev–Trinajstić information content (AvgIpc) is 0.799. The lowest BCUT2D eigenvalue weighted by atomic mass is 10.1. The average molecular weight is 1700 g/mol. The summed E-state index contributed by atoms with van der Waals surface area (Å²) in [5, 5.41) is 20.2. The van der Waals surface area contributed by atoms with Gasteiger partial charge in [-0.2, -0.15) is 0 Å². The topological polar surface area (TPSA) is 295 Å². The lowest BCUT2D eigenvalue weighted by molar-refractivity contribution is -0.0283. The minimum Gasteiger partial charge on any atom is -0.445 e. The highest BCUT2D eigenvalue weighted by Gasteiger charge is 2.47. The molecule has 4 saturated heterocycles. The van der Waals surface area contributed by atoms with Crippen LogP contribution >= 0.6 is 0 Å². The van der Waals surface area contributed by atoms with E-state index in [0.717, 1.165) is 22.3 Å². The number of aliphatic hydroxyl groups is 2. The number of hydrogen-bond acceptors (Lipinski definition) is 20. The monoisotopic (exact) mass is 1700 g/mol. The fourth-order valence-electron chi connectivity index (χ4n) is 12.4. The highest BCUT2D eigenvalue weighted by atomic mass is 28.4. The van der Waals surface area contributed by atoms with Gasteiger partial charge in [-0.3, -0.25) is 19.6 Å². The van der Waals surface area contributed by atoms with E-state index in [1.54, 1.807) is 75.0 Å². The normalized spacial score (nSPS) is 18.7. The maximum absolute atomic E-state index is 13.0. The van der Waals surface area contributed by atoms with Crippen LogP contribution in [0.3, 0.4) is 0 Å². The third-order valence-corrected chi connectivity index (χ3v) is 30.0. The summed E-state index contributed by atoms with van der Waals surface area (Å²) in [4.78, 5) is 114. The highest BCUT2D eigenvalue weighted by molar-refractivity contribution is 6.74. The van der Waals surface area contributed by atoms with Crippen LogP contribution in [0.5, 0.6) is 0 Å². The zero-order chi connectivity index (χ0) is 88.7. The Morgan fingerprint density at radius 2 is 0.504 bits per heavy atom. The number of rotatable bonds is 16. The van der Waals surface area contributed by atoms with Gasteiger partial charge in [0.2, 0.25) is 0 Å². The third-order valence-electron chi connectivity index (χ3n) is 20.8.